The van der Waals surface area contributed by atoms with Gasteiger partial charge in [0, 0.05) is 24.1 Å². The molecular formula is C26H35N5O2S. The number of benzene rings is 2. The van der Waals surface area contributed by atoms with Crippen LogP contribution in [0.1, 0.15) is 62.6 Å². The van der Waals surface area contributed by atoms with Crippen LogP contribution in [0.4, 0.5) is 5.69 Å². The van der Waals surface area contributed by atoms with Gasteiger partial charge in [0.05, 0.1) is 29.7 Å². The smallest absolute Gasteiger partial charge is 0.227 e. The number of rotatable bonds is 10. The number of hydrazine groups is 1. The first-order valence-corrected chi connectivity index (χ1v) is 12.2. The van der Waals surface area contributed by atoms with Crippen molar-refractivity contribution < 1.29 is 9.59 Å². The fourth-order valence-electron chi connectivity index (χ4n) is 4.34. The van der Waals surface area contributed by atoms with Gasteiger partial charge in [-0.05, 0) is 44.2 Å². The Balaban J connectivity index is 1.96. The summed E-state index contributed by atoms with van der Waals surface area (Å²) in [6.07, 6.45) is 3.54. The molecule has 2 aromatic carbocycles. The van der Waals surface area contributed by atoms with Crippen LogP contribution in [-0.2, 0) is 16.1 Å². The number of hydrogen-bond donors (Lipinski definition) is 4. The molecule has 0 bridgehead atoms. The minimum atomic E-state index is -0.264. The lowest BCUT2D eigenvalue weighted by atomic mass is 9.95. The van der Waals surface area contributed by atoms with Gasteiger partial charge in [-0.1, -0.05) is 62.2 Å². The number of anilines is 1. The van der Waals surface area contributed by atoms with Crippen molar-refractivity contribution in [3.63, 3.8) is 0 Å². The normalized spacial score (nSPS) is 16.2. The van der Waals surface area contributed by atoms with E-state index in [1.165, 1.54) is 0 Å². The molecule has 1 atom stereocenters. The van der Waals surface area contributed by atoms with Crippen molar-refractivity contribution in [2.75, 3.05) is 11.4 Å². The van der Waals surface area contributed by atoms with Crippen LogP contribution in [0.2, 0.25) is 0 Å². The van der Waals surface area contributed by atoms with Crippen LogP contribution in [0.5, 0.6) is 0 Å². The monoisotopic (exact) mass is 481 g/mol. The third kappa shape index (κ3) is 5.81. The number of unbranched alkanes of at least 4 members (excludes halogenated alkanes) is 1. The van der Waals surface area contributed by atoms with E-state index in [1.54, 1.807) is 11.9 Å². The number of amides is 1. The lowest BCUT2D eigenvalue weighted by Crippen LogP contribution is -2.36. The minimum Gasteiger partial charge on any atom is -0.396 e. The van der Waals surface area contributed by atoms with E-state index in [0.29, 0.717) is 31.6 Å². The summed E-state index contributed by atoms with van der Waals surface area (Å²) in [6.45, 7) is 4.59. The molecule has 3 rings (SSSR count). The lowest BCUT2D eigenvalue weighted by molar-refractivity contribution is -0.119. The van der Waals surface area contributed by atoms with Crippen molar-refractivity contribution in [2.45, 2.75) is 58.5 Å². The molecule has 0 saturated carbocycles. The SMILES string of the molecule is CCCC(=O)N1Cc2ccccc2/C(N(N)CCCC[C@H](NS)C(C)=O)=C(/N)c2ccccc21. The largest absolute Gasteiger partial charge is 0.396 e. The average molecular weight is 482 g/mol. The first-order valence-electron chi connectivity index (χ1n) is 11.8. The van der Waals surface area contributed by atoms with Gasteiger partial charge in [-0.25, -0.2) is 5.84 Å². The Kier molecular flexibility index (Phi) is 9.15. The van der Waals surface area contributed by atoms with Gasteiger partial charge in [-0.2, -0.15) is 0 Å². The Morgan fingerprint density at radius 3 is 2.47 bits per heavy atom. The molecule has 0 aromatic heterocycles. The molecule has 34 heavy (non-hydrogen) atoms. The predicted octanol–water partition coefficient (Wildman–Crippen LogP) is 3.86. The van der Waals surface area contributed by atoms with E-state index in [2.05, 4.69) is 17.5 Å². The Labute approximate surface area is 207 Å². The van der Waals surface area contributed by atoms with Crippen LogP contribution < -0.4 is 21.2 Å². The second kappa shape index (κ2) is 12.1. The van der Waals surface area contributed by atoms with Gasteiger partial charge in [0.25, 0.3) is 0 Å². The highest BCUT2D eigenvalue weighted by Crippen LogP contribution is 2.36. The number of hydrogen-bond acceptors (Lipinski definition) is 7. The zero-order valence-electron chi connectivity index (χ0n) is 20.0. The zero-order valence-corrected chi connectivity index (χ0v) is 20.9. The number of thiol groups is 1. The van der Waals surface area contributed by atoms with Gasteiger partial charge in [-0.3, -0.25) is 14.3 Å². The average Bonchev–Trinajstić information content (AvgIpc) is 2.82. The summed E-state index contributed by atoms with van der Waals surface area (Å²) < 4.78 is 2.76. The van der Waals surface area contributed by atoms with E-state index < -0.39 is 0 Å². The quantitative estimate of drug-likeness (QED) is 0.178. The highest BCUT2D eigenvalue weighted by molar-refractivity contribution is 7.78. The molecule has 0 saturated heterocycles. The second-order valence-corrected chi connectivity index (χ2v) is 8.91. The maximum Gasteiger partial charge on any atom is 0.227 e. The van der Waals surface area contributed by atoms with Crippen molar-refractivity contribution in [3.8, 4) is 0 Å². The third-order valence-electron chi connectivity index (χ3n) is 6.18. The Hall–Kier alpha value is -2.81. The number of ketones is 1. The van der Waals surface area contributed by atoms with Gasteiger partial charge < -0.3 is 15.6 Å². The molecule has 1 aliphatic heterocycles. The topological polar surface area (TPSA) is 105 Å². The molecule has 1 aliphatic rings. The summed E-state index contributed by atoms with van der Waals surface area (Å²) in [4.78, 5) is 26.5. The van der Waals surface area contributed by atoms with Crippen molar-refractivity contribution in [2.24, 2.45) is 11.6 Å². The van der Waals surface area contributed by atoms with Gasteiger partial charge in [0.1, 0.15) is 5.78 Å². The summed E-state index contributed by atoms with van der Waals surface area (Å²) >= 11 is 4.05. The molecule has 0 unspecified atom stereocenters. The number of carbonyl (C=O) groups is 2. The molecule has 5 N–H and O–H groups in total. The molecule has 0 radical (unpaired) electrons. The molecule has 0 aliphatic carbocycles. The molecule has 7 nitrogen and oxygen atoms in total. The van der Waals surface area contributed by atoms with Gasteiger partial charge in [-0.15, -0.1) is 0 Å². The van der Waals surface area contributed by atoms with E-state index in [9.17, 15) is 9.59 Å². The number of nitrogens with one attached hydrogen (secondary N) is 1. The maximum absolute atomic E-state index is 13.1. The Morgan fingerprint density at radius 1 is 1.12 bits per heavy atom. The predicted molar refractivity (Wildman–Crippen MR) is 141 cm³/mol. The van der Waals surface area contributed by atoms with E-state index in [4.69, 9.17) is 11.6 Å². The van der Waals surface area contributed by atoms with Crippen molar-refractivity contribution in [3.05, 3.63) is 65.2 Å². The molecule has 0 fully saturated rings. The molecule has 1 amide bonds. The first kappa shape index (κ1) is 25.8. The molecule has 2 aromatic rings. The van der Waals surface area contributed by atoms with Crippen LogP contribution in [0, 0.1) is 0 Å². The lowest BCUT2D eigenvalue weighted by Gasteiger charge is -2.33. The molecule has 1 heterocycles. The highest BCUT2D eigenvalue weighted by atomic mass is 32.1. The number of nitrogens with two attached hydrogens (primary N) is 2. The summed E-state index contributed by atoms with van der Waals surface area (Å²) in [5, 5.41) is 1.70. The van der Waals surface area contributed by atoms with E-state index in [0.717, 1.165) is 47.3 Å². The van der Waals surface area contributed by atoms with Gasteiger partial charge in [0.15, 0.2) is 0 Å². The van der Waals surface area contributed by atoms with Crippen molar-refractivity contribution >= 4 is 41.6 Å². The van der Waals surface area contributed by atoms with Crippen LogP contribution in [0.15, 0.2) is 48.5 Å². The third-order valence-corrected chi connectivity index (χ3v) is 6.49. The number of nitrogens with zero attached hydrogens (tertiary/aromatic N) is 2. The fourth-order valence-corrected chi connectivity index (χ4v) is 4.65. The Morgan fingerprint density at radius 2 is 1.79 bits per heavy atom. The summed E-state index contributed by atoms with van der Waals surface area (Å²) in [5.74, 6) is 6.74. The second-order valence-electron chi connectivity index (χ2n) is 8.65. The standard InChI is InChI=1S/C26H35N5O2S/c1-3-10-24(33)30-17-19-11-4-5-12-20(19)26(25(27)21-13-6-7-15-23(21)30)31(28)16-9-8-14-22(29-34)18(2)32/h4-7,11-13,15,22,29,34H,3,8-10,14,16-17,27-28H2,1-2H3/b26-25-/t22-/m0/s1. The summed E-state index contributed by atoms with van der Waals surface area (Å²) in [7, 11) is 0. The van der Waals surface area contributed by atoms with Crippen molar-refractivity contribution in [1.82, 2.24) is 9.73 Å². The van der Waals surface area contributed by atoms with E-state index in [-0.39, 0.29) is 17.7 Å². The number of Topliss-reactive ketones (excluding diaryl/α,β-unsaturated/α-hetero) is 1. The summed E-state index contributed by atoms with van der Waals surface area (Å²) in [5.41, 5.74) is 11.6. The van der Waals surface area contributed by atoms with Gasteiger partial charge >= 0.3 is 0 Å². The Bertz CT molecular complexity index is 1050. The highest BCUT2D eigenvalue weighted by Gasteiger charge is 2.27. The first-order chi connectivity index (χ1) is 16.4. The van der Waals surface area contributed by atoms with Crippen LogP contribution >= 0.6 is 12.8 Å². The molecule has 0 spiro atoms. The maximum atomic E-state index is 13.1. The number of para-hydroxylation sites is 1. The zero-order chi connectivity index (χ0) is 24.7. The fraction of sp³-hybridized carbons (Fsp3) is 0.385. The number of fused-ring (bicyclic) bond motifs is 2. The van der Waals surface area contributed by atoms with Gasteiger partial charge in [0.2, 0.25) is 5.91 Å². The molecule has 8 heteroatoms. The van der Waals surface area contributed by atoms with E-state index in [1.807, 2.05) is 60.4 Å². The molecular weight excluding hydrogens is 446 g/mol. The van der Waals surface area contributed by atoms with E-state index >= 15 is 0 Å². The van der Waals surface area contributed by atoms with Crippen molar-refractivity contribution in [1.29, 1.82) is 0 Å². The van der Waals surface area contributed by atoms with Crippen LogP contribution in [0.3, 0.4) is 0 Å². The van der Waals surface area contributed by atoms with Crippen LogP contribution in [-0.4, -0.2) is 29.3 Å². The van der Waals surface area contributed by atoms with Crippen LogP contribution in [0.25, 0.3) is 11.4 Å². The minimum absolute atomic E-state index is 0.0688. The number of carbonyl (C=O) groups excluding carboxylic acids is 2. The summed E-state index contributed by atoms with van der Waals surface area (Å²) in [6, 6.07) is 15.4. The molecule has 182 valence electrons.